The van der Waals surface area contributed by atoms with Crippen LogP contribution < -0.4 is 0 Å². The van der Waals surface area contributed by atoms with Gasteiger partial charge in [0.2, 0.25) is 0 Å². The van der Waals surface area contributed by atoms with Gasteiger partial charge >= 0.3 is 0 Å². The molecule has 0 bridgehead atoms. The molecule has 1 aromatic rings. The summed E-state index contributed by atoms with van der Waals surface area (Å²) in [5, 5.41) is 0. The van der Waals surface area contributed by atoms with Crippen molar-refractivity contribution < 1.29 is 0 Å². The minimum Gasteiger partial charge on any atom is -0.306 e. The van der Waals surface area contributed by atoms with Crippen LogP contribution in [-0.2, 0) is 6.54 Å². The summed E-state index contributed by atoms with van der Waals surface area (Å²) in [6, 6.07) is 9.72. The minimum absolute atomic E-state index is 0.782. The molecule has 0 unspecified atom stereocenters. The molecule has 1 aliphatic heterocycles. The molecule has 0 amide bonds. The van der Waals surface area contributed by atoms with Gasteiger partial charge in [0.1, 0.15) is 0 Å². The highest BCUT2D eigenvalue weighted by Gasteiger charge is 2.20. The molecule has 1 aromatic carbocycles. The summed E-state index contributed by atoms with van der Waals surface area (Å²) in [7, 11) is 4.39. The van der Waals surface area contributed by atoms with E-state index < -0.39 is 0 Å². The molecule has 0 N–H and O–H groups in total. The van der Waals surface area contributed by atoms with Crippen LogP contribution in [0.4, 0.5) is 0 Å². The summed E-state index contributed by atoms with van der Waals surface area (Å²) in [5.74, 6) is 0. The highest BCUT2D eigenvalue weighted by atomic mass is 15.2. The van der Waals surface area contributed by atoms with Gasteiger partial charge in [-0.2, -0.15) is 0 Å². The van der Waals surface area contributed by atoms with Crippen molar-refractivity contribution in [3.05, 3.63) is 35.4 Å². The van der Waals surface area contributed by atoms with Gasteiger partial charge in [0.05, 0.1) is 0 Å². The van der Waals surface area contributed by atoms with Gasteiger partial charge in [-0.1, -0.05) is 43.7 Å². The van der Waals surface area contributed by atoms with Crippen molar-refractivity contribution in [2.24, 2.45) is 0 Å². The molecular weight excluding hydrogens is 232 g/mol. The Balaban J connectivity index is 0.000000861. The summed E-state index contributed by atoms with van der Waals surface area (Å²) in [6.07, 6.45) is 2.61. The smallest absolute Gasteiger partial charge is 0.0233 e. The van der Waals surface area contributed by atoms with Crippen LogP contribution in [0.15, 0.2) is 24.3 Å². The Morgan fingerprint density at radius 3 is 2.05 bits per heavy atom. The fraction of sp³-hybridized carbons (Fsp3) is 0.647. The molecule has 0 spiro atoms. The molecular formula is C17H30N2. The van der Waals surface area contributed by atoms with Gasteiger partial charge in [-0.05, 0) is 52.5 Å². The average Bonchev–Trinajstić information content (AvgIpc) is 2.44. The van der Waals surface area contributed by atoms with Crippen molar-refractivity contribution >= 4 is 0 Å². The Bertz CT molecular complexity index is 335. The van der Waals surface area contributed by atoms with Crippen LogP contribution in [0.25, 0.3) is 0 Å². The monoisotopic (exact) mass is 262 g/mol. The zero-order valence-corrected chi connectivity index (χ0v) is 13.3. The number of rotatable bonds is 3. The van der Waals surface area contributed by atoms with Crippen LogP contribution in [0.2, 0.25) is 0 Å². The van der Waals surface area contributed by atoms with E-state index in [1.54, 1.807) is 0 Å². The van der Waals surface area contributed by atoms with E-state index in [0.29, 0.717) is 0 Å². The van der Waals surface area contributed by atoms with E-state index in [1.807, 2.05) is 13.8 Å². The van der Waals surface area contributed by atoms with Crippen molar-refractivity contribution in [3.8, 4) is 0 Å². The molecule has 1 saturated heterocycles. The molecule has 2 rings (SSSR count). The average molecular weight is 262 g/mol. The fourth-order valence-electron chi connectivity index (χ4n) is 2.55. The van der Waals surface area contributed by atoms with Crippen LogP contribution in [0.3, 0.4) is 0 Å². The van der Waals surface area contributed by atoms with Crippen LogP contribution in [0.1, 0.15) is 37.8 Å². The molecule has 0 radical (unpaired) electrons. The number of hydrogen-bond donors (Lipinski definition) is 0. The van der Waals surface area contributed by atoms with Gasteiger partial charge in [-0.25, -0.2) is 0 Å². The lowest BCUT2D eigenvalue weighted by Crippen LogP contribution is -2.41. The lowest BCUT2D eigenvalue weighted by molar-refractivity contribution is 0.140. The molecule has 2 heteroatoms. The SMILES string of the molecule is CC.Cc1ccc(CN2CCC(N(C)C)CC2)cc1. The molecule has 0 atom stereocenters. The molecule has 2 nitrogen and oxygen atoms in total. The van der Waals surface area contributed by atoms with Crippen molar-refractivity contribution in [2.45, 2.75) is 46.2 Å². The van der Waals surface area contributed by atoms with Crippen LogP contribution in [0.5, 0.6) is 0 Å². The Morgan fingerprint density at radius 1 is 1.05 bits per heavy atom. The number of hydrogen-bond acceptors (Lipinski definition) is 2. The van der Waals surface area contributed by atoms with Crippen LogP contribution >= 0.6 is 0 Å². The van der Waals surface area contributed by atoms with Gasteiger partial charge < -0.3 is 4.90 Å². The Kier molecular flexibility index (Phi) is 7.11. The van der Waals surface area contributed by atoms with Gasteiger partial charge in [0.25, 0.3) is 0 Å². The lowest BCUT2D eigenvalue weighted by Gasteiger charge is -2.35. The first-order valence-corrected chi connectivity index (χ1v) is 7.59. The zero-order chi connectivity index (χ0) is 14.3. The predicted molar refractivity (Wildman–Crippen MR) is 84.5 cm³/mol. The van der Waals surface area contributed by atoms with E-state index in [0.717, 1.165) is 12.6 Å². The first kappa shape index (κ1) is 16.2. The van der Waals surface area contributed by atoms with Gasteiger partial charge in [0.15, 0.2) is 0 Å². The fourth-order valence-corrected chi connectivity index (χ4v) is 2.55. The van der Waals surface area contributed by atoms with E-state index in [4.69, 9.17) is 0 Å². The maximum atomic E-state index is 2.57. The van der Waals surface area contributed by atoms with Crippen LogP contribution in [0, 0.1) is 6.92 Å². The summed E-state index contributed by atoms with van der Waals surface area (Å²) < 4.78 is 0. The van der Waals surface area contributed by atoms with Gasteiger partial charge in [-0.15, -0.1) is 0 Å². The van der Waals surface area contributed by atoms with E-state index in [9.17, 15) is 0 Å². The second-order valence-electron chi connectivity index (χ2n) is 5.46. The number of piperidine rings is 1. The Hall–Kier alpha value is -0.860. The third-order valence-electron chi connectivity index (χ3n) is 3.81. The molecule has 108 valence electrons. The summed E-state index contributed by atoms with van der Waals surface area (Å²) >= 11 is 0. The first-order valence-electron chi connectivity index (χ1n) is 7.59. The maximum Gasteiger partial charge on any atom is 0.0233 e. The predicted octanol–water partition coefficient (Wildman–Crippen LogP) is 3.55. The third-order valence-corrected chi connectivity index (χ3v) is 3.81. The molecule has 0 saturated carbocycles. The molecule has 1 fully saturated rings. The molecule has 0 aromatic heterocycles. The number of benzene rings is 1. The van der Waals surface area contributed by atoms with E-state index in [-0.39, 0.29) is 0 Å². The second-order valence-corrected chi connectivity index (χ2v) is 5.46. The van der Waals surface area contributed by atoms with Crippen LogP contribution in [-0.4, -0.2) is 43.0 Å². The Labute approximate surface area is 119 Å². The second kappa shape index (κ2) is 8.34. The summed E-state index contributed by atoms with van der Waals surface area (Å²) in [5.41, 5.74) is 2.79. The molecule has 1 aliphatic rings. The molecule has 1 heterocycles. The van der Waals surface area contributed by atoms with E-state index in [1.165, 1.54) is 37.1 Å². The normalized spacial score (nSPS) is 17.2. The maximum absolute atomic E-state index is 2.57. The zero-order valence-electron chi connectivity index (χ0n) is 13.3. The van der Waals surface area contributed by atoms with E-state index >= 15 is 0 Å². The molecule has 19 heavy (non-hydrogen) atoms. The van der Waals surface area contributed by atoms with E-state index in [2.05, 4.69) is 55.1 Å². The Morgan fingerprint density at radius 2 is 1.58 bits per heavy atom. The highest BCUT2D eigenvalue weighted by molar-refractivity contribution is 5.21. The third kappa shape index (κ3) is 5.33. The number of likely N-dealkylation sites (tertiary alicyclic amines) is 1. The molecule has 0 aliphatic carbocycles. The van der Waals surface area contributed by atoms with Crippen molar-refractivity contribution in [1.82, 2.24) is 9.80 Å². The number of nitrogens with zero attached hydrogens (tertiary/aromatic N) is 2. The van der Waals surface area contributed by atoms with Crippen molar-refractivity contribution in [3.63, 3.8) is 0 Å². The quantitative estimate of drug-likeness (QED) is 0.822. The minimum atomic E-state index is 0.782. The lowest BCUT2D eigenvalue weighted by atomic mass is 10.0. The van der Waals surface area contributed by atoms with Gasteiger partial charge in [-0.3, -0.25) is 4.90 Å². The number of aryl methyl sites for hydroxylation is 1. The largest absolute Gasteiger partial charge is 0.306 e. The van der Waals surface area contributed by atoms with Gasteiger partial charge in [0, 0.05) is 12.6 Å². The summed E-state index contributed by atoms with van der Waals surface area (Å²) in [6.45, 7) is 9.72. The topological polar surface area (TPSA) is 6.48 Å². The summed E-state index contributed by atoms with van der Waals surface area (Å²) in [4.78, 5) is 4.94. The standard InChI is InChI=1S/C15H24N2.C2H6/c1-13-4-6-14(7-5-13)12-17-10-8-15(9-11-17)16(2)3;1-2/h4-7,15H,8-12H2,1-3H3;1-2H3. The highest BCUT2D eigenvalue weighted by Crippen LogP contribution is 2.16. The van der Waals surface area contributed by atoms with Crippen molar-refractivity contribution in [1.29, 1.82) is 0 Å². The first-order chi connectivity index (χ1) is 9.15. The van der Waals surface area contributed by atoms with Crippen molar-refractivity contribution in [2.75, 3.05) is 27.2 Å².